The van der Waals surface area contributed by atoms with Crippen molar-refractivity contribution in [2.24, 2.45) is 0 Å². The van der Waals surface area contributed by atoms with Gasteiger partial charge in [-0.25, -0.2) is 4.98 Å². The maximum Gasteiger partial charge on any atom is 0.221 e. The zero-order valence-corrected chi connectivity index (χ0v) is 15.9. The molecule has 6 heteroatoms. The second-order valence-electron chi connectivity index (χ2n) is 6.75. The largest absolute Gasteiger partial charge is 0.350 e. The molecule has 4 rings (SSSR count). The van der Waals surface area contributed by atoms with E-state index in [9.17, 15) is 4.79 Å². The second kappa shape index (κ2) is 8.39. The highest BCUT2D eigenvalue weighted by molar-refractivity contribution is 7.11. The Kier molecular flexibility index (Phi) is 5.53. The van der Waals surface area contributed by atoms with Gasteiger partial charge in [-0.15, -0.1) is 11.3 Å². The third-order valence-electron chi connectivity index (χ3n) is 4.87. The van der Waals surface area contributed by atoms with Gasteiger partial charge in [-0.05, 0) is 55.5 Å². The zero-order chi connectivity index (χ0) is 18.5. The van der Waals surface area contributed by atoms with Crippen molar-refractivity contribution in [3.63, 3.8) is 0 Å². The van der Waals surface area contributed by atoms with E-state index < -0.39 is 0 Å². The Balaban J connectivity index is 1.43. The summed E-state index contributed by atoms with van der Waals surface area (Å²) in [4.78, 5) is 27.3. The third-order valence-corrected chi connectivity index (χ3v) is 6.03. The Bertz CT molecular complexity index is 832. The fraction of sp³-hybridized carbons (Fsp3) is 0.333. The molecule has 0 bridgehead atoms. The first-order valence-electron chi connectivity index (χ1n) is 9.34. The molecule has 3 heterocycles. The summed E-state index contributed by atoms with van der Waals surface area (Å²) in [6.07, 6.45) is 10.3. The standard InChI is InChI=1S/C21H22N4OS/c26-20(24-14-21-25-18-6-1-2-7-19(18)27-21)13-16(15-8-11-22-12-9-15)17-5-3-4-10-23-17/h3-5,8-12,16H,1-2,6-7,13-14H2,(H,24,26). The number of nitrogens with one attached hydrogen (secondary N) is 1. The molecule has 1 aliphatic carbocycles. The van der Waals surface area contributed by atoms with Gasteiger partial charge < -0.3 is 5.32 Å². The predicted octanol–water partition coefficient (Wildman–Crippen LogP) is 3.65. The maximum absolute atomic E-state index is 12.6. The van der Waals surface area contributed by atoms with E-state index in [0.29, 0.717) is 13.0 Å². The number of carbonyl (C=O) groups excluding carboxylic acids is 1. The molecule has 0 spiro atoms. The van der Waals surface area contributed by atoms with Gasteiger partial charge in [0.2, 0.25) is 5.91 Å². The van der Waals surface area contributed by atoms with Crippen LogP contribution in [-0.2, 0) is 24.2 Å². The quantitative estimate of drug-likeness (QED) is 0.711. The molecule has 1 unspecified atom stereocenters. The summed E-state index contributed by atoms with van der Waals surface area (Å²) in [6.45, 7) is 0.502. The number of amides is 1. The van der Waals surface area contributed by atoms with E-state index in [1.54, 1.807) is 29.9 Å². The van der Waals surface area contributed by atoms with Crippen LogP contribution in [0.1, 0.15) is 52.0 Å². The SMILES string of the molecule is O=C(CC(c1ccncc1)c1ccccn1)NCc1nc2c(s1)CCCC2. The molecule has 1 amide bonds. The van der Waals surface area contributed by atoms with Crippen LogP contribution in [0.4, 0.5) is 0 Å². The van der Waals surface area contributed by atoms with Crippen molar-refractivity contribution >= 4 is 17.2 Å². The summed E-state index contributed by atoms with van der Waals surface area (Å²) in [5.41, 5.74) is 3.17. The average Bonchev–Trinajstić information content (AvgIpc) is 3.15. The summed E-state index contributed by atoms with van der Waals surface area (Å²) in [7, 11) is 0. The molecule has 0 radical (unpaired) electrons. The molecule has 3 aromatic heterocycles. The summed E-state index contributed by atoms with van der Waals surface area (Å²) in [5, 5.41) is 4.05. The average molecular weight is 379 g/mol. The first-order valence-corrected chi connectivity index (χ1v) is 10.2. The smallest absolute Gasteiger partial charge is 0.221 e. The number of nitrogens with zero attached hydrogens (tertiary/aromatic N) is 3. The fourth-order valence-corrected chi connectivity index (χ4v) is 4.58. The van der Waals surface area contributed by atoms with E-state index in [1.807, 2.05) is 30.3 Å². The number of rotatable bonds is 6. The maximum atomic E-state index is 12.6. The Morgan fingerprint density at radius 2 is 1.96 bits per heavy atom. The number of pyridine rings is 2. The molecule has 3 aromatic rings. The number of aromatic nitrogens is 3. The summed E-state index contributed by atoms with van der Waals surface area (Å²) in [6, 6.07) is 9.70. The van der Waals surface area contributed by atoms with Crippen molar-refractivity contribution in [3.8, 4) is 0 Å². The number of carbonyl (C=O) groups is 1. The van der Waals surface area contributed by atoms with E-state index in [0.717, 1.165) is 29.1 Å². The van der Waals surface area contributed by atoms with Gasteiger partial charge in [0.15, 0.2) is 0 Å². The highest BCUT2D eigenvalue weighted by Gasteiger charge is 2.20. The van der Waals surface area contributed by atoms with Gasteiger partial charge in [0.25, 0.3) is 0 Å². The highest BCUT2D eigenvalue weighted by Crippen LogP contribution is 2.28. The number of thiazole rings is 1. The predicted molar refractivity (Wildman–Crippen MR) is 106 cm³/mol. The van der Waals surface area contributed by atoms with Crippen molar-refractivity contribution in [1.82, 2.24) is 20.3 Å². The van der Waals surface area contributed by atoms with E-state index in [-0.39, 0.29) is 11.8 Å². The molecular formula is C21H22N4OS. The normalized spacial score (nSPS) is 14.4. The molecule has 0 saturated heterocycles. The van der Waals surface area contributed by atoms with Crippen molar-refractivity contribution in [1.29, 1.82) is 0 Å². The second-order valence-corrected chi connectivity index (χ2v) is 7.92. The van der Waals surface area contributed by atoms with Gasteiger partial charge in [-0.1, -0.05) is 6.07 Å². The minimum absolute atomic E-state index is 0.00985. The molecular weight excluding hydrogens is 356 g/mol. The molecule has 0 aromatic carbocycles. The van der Waals surface area contributed by atoms with Crippen LogP contribution in [0.3, 0.4) is 0 Å². The van der Waals surface area contributed by atoms with E-state index >= 15 is 0 Å². The van der Waals surface area contributed by atoms with Crippen LogP contribution < -0.4 is 5.32 Å². The third kappa shape index (κ3) is 4.39. The Morgan fingerprint density at radius 1 is 1.11 bits per heavy atom. The molecule has 0 fully saturated rings. The molecule has 5 nitrogen and oxygen atoms in total. The zero-order valence-electron chi connectivity index (χ0n) is 15.1. The lowest BCUT2D eigenvalue weighted by molar-refractivity contribution is -0.121. The van der Waals surface area contributed by atoms with Crippen LogP contribution in [0.15, 0.2) is 48.9 Å². The van der Waals surface area contributed by atoms with Gasteiger partial charge >= 0.3 is 0 Å². The highest BCUT2D eigenvalue weighted by atomic mass is 32.1. The minimum atomic E-state index is -0.0845. The van der Waals surface area contributed by atoms with E-state index in [2.05, 4.69) is 15.3 Å². The van der Waals surface area contributed by atoms with Crippen molar-refractivity contribution in [3.05, 3.63) is 75.8 Å². The summed E-state index contributed by atoms with van der Waals surface area (Å²) in [5.74, 6) is -0.0747. The van der Waals surface area contributed by atoms with E-state index in [1.165, 1.54) is 23.4 Å². The molecule has 27 heavy (non-hydrogen) atoms. The van der Waals surface area contributed by atoms with Gasteiger partial charge in [0.1, 0.15) is 5.01 Å². The van der Waals surface area contributed by atoms with Crippen molar-refractivity contribution in [2.45, 2.75) is 44.6 Å². The van der Waals surface area contributed by atoms with Gasteiger partial charge in [0.05, 0.1) is 12.2 Å². The number of aryl methyl sites for hydroxylation is 2. The number of fused-ring (bicyclic) bond motifs is 1. The molecule has 1 atom stereocenters. The summed E-state index contributed by atoms with van der Waals surface area (Å²) >= 11 is 1.74. The molecule has 1 aliphatic rings. The summed E-state index contributed by atoms with van der Waals surface area (Å²) < 4.78 is 0. The van der Waals surface area contributed by atoms with Gasteiger partial charge in [-0.3, -0.25) is 14.8 Å². The van der Waals surface area contributed by atoms with Crippen LogP contribution in [0.5, 0.6) is 0 Å². The van der Waals surface area contributed by atoms with Crippen molar-refractivity contribution < 1.29 is 4.79 Å². The van der Waals surface area contributed by atoms with Crippen LogP contribution >= 0.6 is 11.3 Å². The number of hydrogen-bond acceptors (Lipinski definition) is 5. The van der Waals surface area contributed by atoms with Crippen molar-refractivity contribution in [2.75, 3.05) is 0 Å². The molecule has 0 aliphatic heterocycles. The Labute approximate surface area is 162 Å². The molecule has 138 valence electrons. The Hall–Kier alpha value is -2.60. The van der Waals surface area contributed by atoms with Crippen LogP contribution in [0, 0.1) is 0 Å². The lowest BCUT2D eigenvalue weighted by Crippen LogP contribution is -2.25. The van der Waals surface area contributed by atoms with Crippen LogP contribution in [0.25, 0.3) is 0 Å². The molecule has 0 saturated carbocycles. The first-order chi connectivity index (χ1) is 13.3. The van der Waals surface area contributed by atoms with Gasteiger partial charge in [0, 0.05) is 41.5 Å². The fourth-order valence-electron chi connectivity index (χ4n) is 3.48. The lowest BCUT2D eigenvalue weighted by atomic mass is 9.92. The first kappa shape index (κ1) is 17.8. The monoisotopic (exact) mass is 378 g/mol. The van der Waals surface area contributed by atoms with Crippen LogP contribution in [0.2, 0.25) is 0 Å². The Morgan fingerprint density at radius 3 is 2.74 bits per heavy atom. The van der Waals surface area contributed by atoms with Crippen LogP contribution in [-0.4, -0.2) is 20.9 Å². The topological polar surface area (TPSA) is 67.8 Å². The number of hydrogen-bond donors (Lipinski definition) is 1. The minimum Gasteiger partial charge on any atom is -0.350 e. The lowest BCUT2D eigenvalue weighted by Gasteiger charge is -2.16. The van der Waals surface area contributed by atoms with Gasteiger partial charge in [-0.2, -0.15) is 0 Å². The molecule has 1 N–H and O–H groups in total. The van der Waals surface area contributed by atoms with E-state index in [4.69, 9.17) is 4.98 Å².